The third kappa shape index (κ3) is 4.24. The van der Waals surface area contributed by atoms with Gasteiger partial charge in [-0.25, -0.2) is 0 Å². The number of amides is 1. The van der Waals surface area contributed by atoms with Crippen molar-refractivity contribution in [1.29, 1.82) is 0 Å². The van der Waals surface area contributed by atoms with E-state index in [9.17, 15) is 4.79 Å². The molecule has 0 aliphatic rings. The van der Waals surface area contributed by atoms with Gasteiger partial charge in [0.2, 0.25) is 5.91 Å². The molecule has 0 atom stereocenters. The molecule has 110 valence electrons. The molecule has 0 aliphatic heterocycles. The lowest BCUT2D eigenvalue weighted by Gasteiger charge is -2.23. The number of benzene rings is 1. The Morgan fingerprint density at radius 2 is 2.15 bits per heavy atom. The van der Waals surface area contributed by atoms with Crippen molar-refractivity contribution in [1.82, 2.24) is 10.6 Å². The molecule has 0 unspecified atom stereocenters. The number of amidine groups is 1. The maximum atomic E-state index is 11.6. The molecule has 1 aromatic carbocycles. The second kappa shape index (κ2) is 6.91. The summed E-state index contributed by atoms with van der Waals surface area (Å²) in [7, 11) is 1.63. The van der Waals surface area contributed by atoms with Gasteiger partial charge in [0.25, 0.3) is 0 Å². The zero-order chi connectivity index (χ0) is 15.2. The van der Waals surface area contributed by atoms with Crippen LogP contribution in [0.5, 0.6) is 0 Å². The third-order valence-corrected chi connectivity index (χ3v) is 3.07. The van der Waals surface area contributed by atoms with E-state index in [4.69, 9.17) is 10.9 Å². The van der Waals surface area contributed by atoms with Crippen molar-refractivity contribution in [2.45, 2.75) is 20.4 Å². The number of rotatable bonds is 6. The van der Waals surface area contributed by atoms with Crippen LogP contribution in [0.25, 0.3) is 0 Å². The first kappa shape index (κ1) is 16.0. The number of hydrogen-bond donors (Lipinski definition) is 4. The molecule has 0 spiro atoms. The van der Waals surface area contributed by atoms with Crippen LogP contribution in [0.1, 0.15) is 25.0 Å². The van der Waals surface area contributed by atoms with Gasteiger partial charge in [-0.15, -0.1) is 0 Å². The predicted molar refractivity (Wildman–Crippen MR) is 78.5 cm³/mol. The van der Waals surface area contributed by atoms with Crippen molar-refractivity contribution in [2.75, 3.05) is 13.6 Å². The van der Waals surface area contributed by atoms with Gasteiger partial charge in [-0.2, -0.15) is 0 Å². The van der Waals surface area contributed by atoms with E-state index < -0.39 is 5.41 Å². The van der Waals surface area contributed by atoms with Crippen molar-refractivity contribution in [3.8, 4) is 0 Å². The highest BCUT2D eigenvalue weighted by molar-refractivity contribution is 5.97. The van der Waals surface area contributed by atoms with Crippen LogP contribution < -0.4 is 16.4 Å². The van der Waals surface area contributed by atoms with Crippen LogP contribution in [-0.2, 0) is 11.3 Å². The highest BCUT2D eigenvalue weighted by atomic mass is 16.4. The van der Waals surface area contributed by atoms with E-state index in [1.807, 2.05) is 32.0 Å². The average molecular weight is 278 g/mol. The van der Waals surface area contributed by atoms with Crippen LogP contribution in [0.2, 0.25) is 0 Å². The Labute approximate surface area is 119 Å². The summed E-state index contributed by atoms with van der Waals surface area (Å²) in [6.45, 7) is 4.92. The topological polar surface area (TPSA) is 99.7 Å². The molecule has 0 aliphatic carbocycles. The highest BCUT2D eigenvalue weighted by Gasteiger charge is 2.25. The van der Waals surface area contributed by atoms with E-state index in [0.29, 0.717) is 18.7 Å². The van der Waals surface area contributed by atoms with Gasteiger partial charge in [0.1, 0.15) is 0 Å². The molecule has 0 heterocycles. The lowest BCUT2D eigenvalue weighted by molar-refractivity contribution is -0.128. The Balaban J connectivity index is 2.61. The minimum Gasteiger partial charge on any atom is -0.409 e. The number of oxime groups is 1. The van der Waals surface area contributed by atoms with Crippen LogP contribution in [-0.4, -0.2) is 30.5 Å². The molecule has 1 rings (SSSR count). The summed E-state index contributed by atoms with van der Waals surface area (Å²) in [6, 6.07) is 7.39. The fraction of sp³-hybridized carbons (Fsp3) is 0.429. The second-order valence-electron chi connectivity index (χ2n) is 5.25. The Morgan fingerprint density at radius 3 is 2.75 bits per heavy atom. The average Bonchev–Trinajstić information content (AvgIpc) is 2.45. The molecule has 6 nitrogen and oxygen atoms in total. The first-order valence-corrected chi connectivity index (χ1v) is 6.40. The Kier molecular flexibility index (Phi) is 5.52. The Bertz CT molecular complexity index is 498. The first-order valence-electron chi connectivity index (χ1n) is 6.40. The van der Waals surface area contributed by atoms with Crippen LogP contribution in [0.15, 0.2) is 29.4 Å². The fourth-order valence-corrected chi connectivity index (χ4v) is 1.84. The van der Waals surface area contributed by atoms with Gasteiger partial charge < -0.3 is 21.6 Å². The SMILES string of the molecule is CNC(=O)C(C)(C)CNCc1cccc(/C(N)=N/O)c1. The molecule has 20 heavy (non-hydrogen) atoms. The number of nitrogens with one attached hydrogen (secondary N) is 2. The van der Waals surface area contributed by atoms with Crippen molar-refractivity contribution < 1.29 is 10.0 Å². The molecular weight excluding hydrogens is 256 g/mol. The molecule has 5 N–H and O–H groups in total. The fourth-order valence-electron chi connectivity index (χ4n) is 1.84. The van der Waals surface area contributed by atoms with E-state index in [0.717, 1.165) is 5.56 Å². The van der Waals surface area contributed by atoms with E-state index in [-0.39, 0.29) is 11.7 Å². The minimum atomic E-state index is -0.474. The number of nitrogens with two attached hydrogens (primary N) is 1. The second-order valence-corrected chi connectivity index (χ2v) is 5.25. The first-order chi connectivity index (χ1) is 9.40. The van der Waals surface area contributed by atoms with Gasteiger partial charge in [-0.05, 0) is 25.5 Å². The smallest absolute Gasteiger partial charge is 0.226 e. The molecule has 0 aromatic heterocycles. The monoisotopic (exact) mass is 278 g/mol. The van der Waals surface area contributed by atoms with Gasteiger partial charge in [0, 0.05) is 25.7 Å². The van der Waals surface area contributed by atoms with Crippen LogP contribution in [0.3, 0.4) is 0 Å². The summed E-state index contributed by atoms with van der Waals surface area (Å²) in [6.07, 6.45) is 0. The third-order valence-electron chi connectivity index (χ3n) is 3.07. The van der Waals surface area contributed by atoms with Crippen molar-refractivity contribution in [2.24, 2.45) is 16.3 Å². The number of carbonyl (C=O) groups excluding carboxylic acids is 1. The molecule has 1 amide bonds. The van der Waals surface area contributed by atoms with Crippen LogP contribution in [0.4, 0.5) is 0 Å². The van der Waals surface area contributed by atoms with E-state index >= 15 is 0 Å². The van der Waals surface area contributed by atoms with Gasteiger partial charge in [-0.1, -0.05) is 23.4 Å². The largest absolute Gasteiger partial charge is 0.409 e. The lowest BCUT2D eigenvalue weighted by atomic mass is 9.92. The molecule has 6 heteroatoms. The minimum absolute atomic E-state index is 0.00425. The summed E-state index contributed by atoms with van der Waals surface area (Å²) < 4.78 is 0. The van der Waals surface area contributed by atoms with Gasteiger partial charge in [-0.3, -0.25) is 4.79 Å². The van der Waals surface area contributed by atoms with E-state index in [1.165, 1.54) is 0 Å². The van der Waals surface area contributed by atoms with Crippen LogP contribution >= 0.6 is 0 Å². The summed E-state index contributed by atoms with van der Waals surface area (Å²) >= 11 is 0. The van der Waals surface area contributed by atoms with Crippen molar-refractivity contribution >= 4 is 11.7 Å². The number of carbonyl (C=O) groups is 1. The molecule has 0 saturated carbocycles. The molecule has 0 radical (unpaired) electrons. The maximum absolute atomic E-state index is 11.6. The zero-order valence-electron chi connectivity index (χ0n) is 12.1. The lowest BCUT2D eigenvalue weighted by Crippen LogP contribution is -2.41. The van der Waals surface area contributed by atoms with Gasteiger partial charge >= 0.3 is 0 Å². The maximum Gasteiger partial charge on any atom is 0.226 e. The molecule has 0 fully saturated rings. The highest BCUT2D eigenvalue weighted by Crippen LogP contribution is 2.13. The van der Waals surface area contributed by atoms with Crippen molar-refractivity contribution in [3.63, 3.8) is 0 Å². The summed E-state index contributed by atoms with van der Waals surface area (Å²) in [5, 5.41) is 17.5. The van der Waals surface area contributed by atoms with E-state index in [2.05, 4.69) is 15.8 Å². The quantitative estimate of drug-likeness (QED) is 0.265. The number of nitrogens with zero attached hydrogens (tertiary/aromatic N) is 1. The van der Waals surface area contributed by atoms with Crippen molar-refractivity contribution in [3.05, 3.63) is 35.4 Å². The molecule has 0 bridgehead atoms. The van der Waals surface area contributed by atoms with E-state index in [1.54, 1.807) is 13.1 Å². The van der Waals surface area contributed by atoms with Gasteiger partial charge in [0.05, 0.1) is 5.41 Å². The van der Waals surface area contributed by atoms with Gasteiger partial charge in [0.15, 0.2) is 5.84 Å². The van der Waals surface area contributed by atoms with Crippen LogP contribution in [0, 0.1) is 5.41 Å². The summed E-state index contributed by atoms with van der Waals surface area (Å²) in [5.74, 6) is 0.0768. The molecule has 1 aromatic rings. The predicted octanol–water partition coefficient (Wildman–Crippen LogP) is 0.643. The molecular formula is C14H22N4O2. The molecule has 0 saturated heterocycles. The zero-order valence-corrected chi connectivity index (χ0v) is 12.1. The normalized spacial score (nSPS) is 12.2. The Hall–Kier alpha value is -2.08. The summed E-state index contributed by atoms with van der Waals surface area (Å²) in [4.78, 5) is 11.6. The standard InChI is InChI=1S/C14H22N4O2/c1-14(2,13(19)16-3)9-17-8-10-5-4-6-11(7-10)12(15)18-20/h4-7,17,20H,8-9H2,1-3H3,(H2,15,18)(H,16,19). The summed E-state index contributed by atoms with van der Waals surface area (Å²) in [5.41, 5.74) is 6.74. The number of hydrogen-bond acceptors (Lipinski definition) is 4. The Morgan fingerprint density at radius 1 is 1.45 bits per heavy atom.